The van der Waals surface area contributed by atoms with Crippen LogP contribution in [0.25, 0.3) is 0 Å². The van der Waals surface area contributed by atoms with Crippen LogP contribution in [0.4, 0.5) is 0 Å². The molecule has 0 aromatic carbocycles. The predicted octanol–water partition coefficient (Wildman–Crippen LogP) is 2.61. The van der Waals surface area contributed by atoms with Gasteiger partial charge < -0.3 is 4.74 Å². The van der Waals surface area contributed by atoms with Crippen LogP contribution in [-0.2, 0) is 19.4 Å². The number of carbonyl (C=O) groups excluding carboxylic acids is 1. The zero-order valence-electron chi connectivity index (χ0n) is 13.4. The van der Waals surface area contributed by atoms with Crippen molar-refractivity contribution in [2.24, 2.45) is 17.3 Å². The Bertz CT molecular complexity index is 485. The van der Waals surface area contributed by atoms with Gasteiger partial charge in [-0.3, -0.25) is 4.79 Å². The van der Waals surface area contributed by atoms with Crippen LogP contribution >= 0.6 is 0 Å². The average molecular weight is 316 g/mol. The van der Waals surface area contributed by atoms with E-state index in [9.17, 15) is 13.2 Å². The van der Waals surface area contributed by atoms with Crippen molar-refractivity contribution in [2.45, 2.75) is 58.5 Å². The van der Waals surface area contributed by atoms with Crippen LogP contribution in [0.3, 0.4) is 0 Å². The molecule has 0 aromatic heterocycles. The molecule has 0 unspecified atom stereocenters. The Balaban J connectivity index is 1.88. The topological polar surface area (TPSA) is 60.4 Å². The van der Waals surface area contributed by atoms with E-state index < -0.39 is 9.84 Å². The van der Waals surface area contributed by atoms with Gasteiger partial charge in [-0.1, -0.05) is 6.92 Å². The molecule has 2 aliphatic rings. The first-order valence-corrected chi connectivity index (χ1v) is 10.1. The minimum atomic E-state index is -2.90. The molecule has 0 aromatic rings. The zero-order valence-corrected chi connectivity index (χ0v) is 14.2. The molecule has 0 radical (unpaired) electrons. The highest BCUT2D eigenvalue weighted by atomic mass is 32.2. The van der Waals surface area contributed by atoms with Gasteiger partial charge in [0.2, 0.25) is 0 Å². The molecule has 5 heteroatoms. The van der Waals surface area contributed by atoms with Crippen LogP contribution < -0.4 is 0 Å². The fourth-order valence-corrected chi connectivity index (χ4v) is 5.09. The van der Waals surface area contributed by atoms with Crippen LogP contribution in [-0.4, -0.2) is 38.9 Å². The summed E-state index contributed by atoms with van der Waals surface area (Å²) in [7, 11) is -2.90. The molecular formula is C16H28O4S. The first kappa shape index (κ1) is 16.9. The van der Waals surface area contributed by atoms with E-state index in [4.69, 9.17) is 4.74 Å². The van der Waals surface area contributed by atoms with Crippen molar-refractivity contribution in [3.8, 4) is 0 Å². The van der Waals surface area contributed by atoms with Crippen molar-refractivity contribution in [3.05, 3.63) is 0 Å². The standard InChI is InChI=1S/C16H28O4S/c1-12(20-10-5-11-21(3,18)19)13-7-8-14-15(17)6-4-9-16(13,14)2/h12-14H,4-11H2,1-3H3/t12-,13-,14+,16-/m1/s1. The smallest absolute Gasteiger partial charge is 0.147 e. The van der Waals surface area contributed by atoms with E-state index in [1.165, 1.54) is 6.26 Å². The average Bonchev–Trinajstić information content (AvgIpc) is 2.72. The summed E-state index contributed by atoms with van der Waals surface area (Å²) < 4.78 is 28.1. The lowest BCUT2D eigenvalue weighted by atomic mass is 9.64. The molecular weight excluding hydrogens is 288 g/mol. The van der Waals surface area contributed by atoms with Crippen LogP contribution in [0, 0.1) is 17.3 Å². The lowest BCUT2D eigenvalue weighted by molar-refractivity contribution is -0.131. The molecule has 0 N–H and O–H groups in total. The fourth-order valence-electron chi connectivity index (χ4n) is 4.45. The molecule has 2 saturated carbocycles. The number of rotatable bonds is 6. The summed E-state index contributed by atoms with van der Waals surface area (Å²) in [5.74, 6) is 1.27. The van der Waals surface area contributed by atoms with Crippen LogP contribution in [0.15, 0.2) is 0 Å². The number of hydrogen-bond acceptors (Lipinski definition) is 4. The molecule has 122 valence electrons. The Labute approximate surface area is 128 Å². The summed E-state index contributed by atoms with van der Waals surface area (Å²) in [6, 6.07) is 0. The number of ketones is 1. The summed E-state index contributed by atoms with van der Waals surface area (Å²) in [5, 5.41) is 0. The SMILES string of the molecule is C[C@@H](OCCCS(C)(=O)=O)[C@H]1CC[C@H]2C(=O)CCC[C@]12C. The van der Waals surface area contributed by atoms with Gasteiger partial charge in [-0.05, 0) is 50.4 Å². The van der Waals surface area contributed by atoms with Gasteiger partial charge >= 0.3 is 0 Å². The monoisotopic (exact) mass is 316 g/mol. The quantitative estimate of drug-likeness (QED) is 0.707. The van der Waals surface area contributed by atoms with Gasteiger partial charge in [0.1, 0.15) is 15.6 Å². The molecule has 4 atom stereocenters. The molecule has 0 aliphatic heterocycles. The van der Waals surface area contributed by atoms with E-state index in [2.05, 4.69) is 13.8 Å². The Hall–Kier alpha value is -0.420. The van der Waals surface area contributed by atoms with Gasteiger partial charge in [-0.15, -0.1) is 0 Å². The van der Waals surface area contributed by atoms with Crippen molar-refractivity contribution in [3.63, 3.8) is 0 Å². The van der Waals surface area contributed by atoms with E-state index in [1.807, 2.05) is 0 Å². The van der Waals surface area contributed by atoms with Gasteiger partial charge in [0.25, 0.3) is 0 Å². The predicted molar refractivity (Wildman–Crippen MR) is 82.9 cm³/mol. The second-order valence-corrected chi connectivity index (χ2v) is 9.38. The van der Waals surface area contributed by atoms with Crippen molar-refractivity contribution >= 4 is 15.6 Å². The largest absolute Gasteiger partial charge is 0.378 e. The molecule has 4 nitrogen and oxygen atoms in total. The molecule has 0 saturated heterocycles. The third kappa shape index (κ3) is 3.86. The normalized spacial score (nSPS) is 34.7. The molecule has 0 amide bonds. The van der Waals surface area contributed by atoms with Gasteiger partial charge in [0.15, 0.2) is 0 Å². The maximum atomic E-state index is 12.1. The minimum absolute atomic E-state index is 0.0889. The van der Waals surface area contributed by atoms with Crippen molar-refractivity contribution in [1.82, 2.24) is 0 Å². The van der Waals surface area contributed by atoms with Gasteiger partial charge in [0.05, 0.1) is 11.9 Å². The molecule has 2 rings (SSSR count). The Morgan fingerprint density at radius 3 is 2.76 bits per heavy atom. The minimum Gasteiger partial charge on any atom is -0.378 e. The first-order chi connectivity index (χ1) is 9.74. The highest BCUT2D eigenvalue weighted by molar-refractivity contribution is 7.90. The van der Waals surface area contributed by atoms with E-state index in [-0.39, 0.29) is 23.2 Å². The van der Waals surface area contributed by atoms with Crippen molar-refractivity contribution in [2.75, 3.05) is 18.6 Å². The Morgan fingerprint density at radius 1 is 1.38 bits per heavy atom. The van der Waals surface area contributed by atoms with Crippen LogP contribution in [0.5, 0.6) is 0 Å². The zero-order chi connectivity index (χ0) is 15.7. The van der Waals surface area contributed by atoms with Crippen LogP contribution in [0.1, 0.15) is 52.4 Å². The van der Waals surface area contributed by atoms with Gasteiger partial charge in [-0.2, -0.15) is 0 Å². The number of Topliss-reactive ketones (excluding diaryl/α,β-unsaturated/α-hetero) is 1. The third-order valence-corrected chi connectivity index (χ3v) is 6.57. The van der Waals surface area contributed by atoms with E-state index in [1.54, 1.807) is 0 Å². The number of hydrogen-bond donors (Lipinski definition) is 0. The van der Waals surface area contributed by atoms with Crippen LogP contribution in [0.2, 0.25) is 0 Å². The highest BCUT2D eigenvalue weighted by Gasteiger charge is 2.52. The van der Waals surface area contributed by atoms with Gasteiger partial charge in [0, 0.05) is 25.2 Å². The first-order valence-electron chi connectivity index (χ1n) is 8.06. The lowest BCUT2D eigenvalue weighted by Crippen LogP contribution is -2.41. The summed E-state index contributed by atoms with van der Waals surface area (Å²) in [4.78, 5) is 12.1. The number of fused-ring (bicyclic) bond motifs is 1. The second kappa shape index (κ2) is 6.37. The number of sulfone groups is 1. The third-order valence-electron chi connectivity index (χ3n) is 5.54. The summed E-state index contributed by atoms with van der Waals surface area (Å²) in [6.07, 6.45) is 6.83. The van der Waals surface area contributed by atoms with Gasteiger partial charge in [-0.25, -0.2) is 8.42 Å². The maximum absolute atomic E-state index is 12.1. The molecule has 0 heterocycles. The highest BCUT2D eigenvalue weighted by Crippen LogP contribution is 2.55. The molecule has 2 aliphatic carbocycles. The molecule has 0 bridgehead atoms. The molecule has 21 heavy (non-hydrogen) atoms. The number of ether oxygens (including phenoxy) is 1. The van der Waals surface area contributed by atoms with E-state index in [0.29, 0.717) is 24.7 Å². The summed E-state index contributed by atoms with van der Waals surface area (Å²) >= 11 is 0. The number of carbonyl (C=O) groups is 1. The van der Waals surface area contributed by atoms with E-state index in [0.717, 1.165) is 32.1 Å². The van der Waals surface area contributed by atoms with Crippen molar-refractivity contribution < 1.29 is 17.9 Å². The van der Waals surface area contributed by atoms with Crippen molar-refractivity contribution in [1.29, 1.82) is 0 Å². The maximum Gasteiger partial charge on any atom is 0.147 e. The summed E-state index contributed by atoms with van der Waals surface area (Å²) in [5.41, 5.74) is 0.0889. The molecule has 2 fully saturated rings. The second-order valence-electron chi connectivity index (χ2n) is 7.12. The summed E-state index contributed by atoms with van der Waals surface area (Å²) in [6.45, 7) is 4.82. The Kier molecular flexibility index (Phi) is 5.14. The Morgan fingerprint density at radius 2 is 2.10 bits per heavy atom. The van der Waals surface area contributed by atoms with E-state index >= 15 is 0 Å². The molecule has 0 spiro atoms. The lowest BCUT2D eigenvalue weighted by Gasteiger charge is -2.42. The fraction of sp³-hybridized carbons (Fsp3) is 0.938.